The maximum absolute atomic E-state index is 13.3. The van der Waals surface area contributed by atoms with Crippen molar-refractivity contribution in [2.45, 2.75) is 64.7 Å². The largest absolute Gasteiger partial charge is 0.496 e. The van der Waals surface area contributed by atoms with Crippen molar-refractivity contribution < 1.29 is 29.0 Å². The monoisotopic (exact) mass is 753 g/mol. The van der Waals surface area contributed by atoms with Crippen LogP contribution in [0.2, 0.25) is 5.02 Å². The number of anilines is 1. The molecule has 0 radical (unpaired) electrons. The number of nitrogens with one attached hydrogen (secondary N) is 3. The molecule has 4 aromatic rings. The lowest BCUT2D eigenvalue weighted by molar-refractivity contribution is -0.130. The van der Waals surface area contributed by atoms with Gasteiger partial charge in [0.15, 0.2) is 0 Å². The second-order valence-electron chi connectivity index (χ2n) is 13.7. The van der Waals surface area contributed by atoms with Crippen LogP contribution in [0, 0.1) is 6.92 Å². The molecule has 2 saturated heterocycles. The van der Waals surface area contributed by atoms with Crippen molar-refractivity contribution >= 4 is 41.1 Å². The number of pyridine rings is 2. The predicted octanol–water partition coefficient (Wildman–Crippen LogP) is 5.89. The molecular weight excluding hydrogens is 710 g/mol. The Morgan fingerprint density at radius 3 is 2.52 bits per heavy atom. The Bertz CT molecular complexity index is 2030. The molecule has 2 fully saturated rings. The zero-order chi connectivity index (χ0) is 38.4. The first-order chi connectivity index (χ1) is 26.0. The van der Waals surface area contributed by atoms with E-state index < -0.39 is 12.0 Å². The van der Waals surface area contributed by atoms with Crippen molar-refractivity contribution in [1.29, 1.82) is 0 Å². The summed E-state index contributed by atoms with van der Waals surface area (Å²) in [4.78, 5) is 60.4. The summed E-state index contributed by atoms with van der Waals surface area (Å²) in [6.45, 7) is 5.89. The minimum absolute atomic E-state index is 0.0735. The van der Waals surface area contributed by atoms with Gasteiger partial charge in [0.25, 0.3) is 5.91 Å². The van der Waals surface area contributed by atoms with Gasteiger partial charge in [0, 0.05) is 86.4 Å². The average molecular weight is 754 g/mol. The van der Waals surface area contributed by atoms with E-state index in [0.717, 1.165) is 53.7 Å². The number of rotatable bonds is 12. The molecule has 6 rings (SSSR count). The van der Waals surface area contributed by atoms with Gasteiger partial charge in [-0.25, -0.2) is 4.79 Å². The third-order valence-electron chi connectivity index (χ3n) is 10.1. The van der Waals surface area contributed by atoms with Gasteiger partial charge in [-0.15, -0.1) is 0 Å². The molecule has 0 bridgehead atoms. The molecular formula is C40H44ClN7O6. The lowest BCUT2D eigenvalue weighted by atomic mass is 9.97. The first-order valence-electron chi connectivity index (χ1n) is 17.9. The lowest BCUT2D eigenvalue weighted by Gasteiger charge is -2.32. The first-order valence-corrected chi connectivity index (χ1v) is 18.3. The van der Waals surface area contributed by atoms with Crippen LogP contribution in [0.4, 0.5) is 10.5 Å². The van der Waals surface area contributed by atoms with E-state index >= 15 is 0 Å². The van der Waals surface area contributed by atoms with Crippen LogP contribution in [0.3, 0.4) is 0 Å². The summed E-state index contributed by atoms with van der Waals surface area (Å²) in [5.74, 6) is 0.330. The van der Waals surface area contributed by atoms with Gasteiger partial charge < -0.3 is 35.6 Å². The van der Waals surface area contributed by atoms with Gasteiger partial charge in [0.05, 0.1) is 24.4 Å². The molecule has 4 heterocycles. The zero-order valence-electron chi connectivity index (χ0n) is 30.5. The van der Waals surface area contributed by atoms with Crippen LogP contribution in [0.15, 0.2) is 67.0 Å². The second-order valence-corrected chi connectivity index (χ2v) is 14.0. The lowest BCUT2D eigenvalue weighted by Crippen LogP contribution is -2.43. The SMILES string of the molecule is COc1cc(-c2nccc(-c3cccc(NC(=O)c4ccc(CN(C[C@@H]5CCC(=O)N5)C(=O)O)cn4)c3C)c2Cl)ccc1CNC1CCN(C(C)=O)CC1. The Kier molecular flexibility index (Phi) is 12.1. The summed E-state index contributed by atoms with van der Waals surface area (Å²) in [7, 11) is 1.64. The molecule has 0 aliphatic carbocycles. The number of halogens is 1. The van der Waals surface area contributed by atoms with Gasteiger partial charge >= 0.3 is 6.09 Å². The van der Waals surface area contributed by atoms with E-state index in [9.17, 15) is 24.3 Å². The van der Waals surface area contributed by atoms with Crippen molar-refractivity contribution in [1.82, 2.24) is 30.4 Å². The molecule has 2 aromatic carbocycles. The standard InChI is InChI=1S/C40H44ClN7O6/c1-24-31(5-4-6-33(24)46-39(51)34-11-7-26(20-44-34)22-48(40(52)53)23-30-10-12-36(50)45-30)32-13-16-42-38(37(32)41)27-8-9-28(35(19-27)54-3)21-43-29-14-17-47(18-15-29)25(2)49/h4-9,11,13,16,19-20,29-30,43H,10,12,14-15,17-18,21-23H2,1-3H3,(H,45,50)(H,46,51)(H,52,53)/t30-/m0/s1. The average Bonchev–Trinajstić information content (AvgIpc) is 3.59. The van der Waals surface area contributed by atoms with Crippen molar-refractivity contribution in [3.63, 3.8) is 0 Å². The quantitative estimate of drug-likeness (QED) is 0.138. The smallest absolute Gasteiger partial charge is 0.407 e. The summed E-state index contributed by atoms with van der Waals surface area (Å²) >= 11 is 7.06. The second kappa shape index (κ2) is 17.1. The van der Waals surface area contributed by atoms with Gasteiger partial charge in [0.1, 0.15) is 11.4 Å². The van der Waals surface area contributed by atoms with E-state index in [0.29, 0.717) is 53.1 Å². The minimum Gasteiger partial charge on any atom is -0.496 e. The highest BCUT2D eigenvalue weighted by atomic mass is 35.5. The number of piperidine rings is 1. The molecule has 0 unspecified atom stereocenters. The number of hydrogen-bond donors (Lipinski definition) is 4. The van der Waals surface area contributed by atoms with E-state index in [2.05, 4.69) is 25.9 Å². The van der Waals surface area contributed by atoms with Crippen molar-refractivity contribution in [2.75, 3.05) is 32.1 Å². The maximum Gasteiger partial charge on any atom is 0.407 e. The fourth-order valence-electron chi connectivity index (χ4n) is 6.96. The third-order valence-corrected chi connectivity index (χ3v) is 10.5. The van der Waals surface area contributed by atoms with E-state index in [1.165, 1.54) is 11.1 Å². The summed E-state index contributed by atoms with van der Waals surface area (Å²) in [5.41, 5.74) is 6.13. The Balaban J connectivity index is 1.13. The summed E-state index contributed by atoms with van der Waals surface area (Å²) < 4.78 is 5.77. The highest BCUT2D eigenvalue weighted by molar-refractivity contribution is 6.35. The number of nitrogens with zero attached hydrogens (tertiary/aromatic N) is 4. The molecule has 4 N–H and O–H groups in total. The maximum atomic E-state index is 13.3. The normalized spacial score (nSPS) is 15.8. The highest BCUT2D eigenvalue weighted by Gasteiger charge is 2.26. The van der Waals surface area contributed by atoms with Crippen LogP contribution in [-0.4, -0.2) is 87.5 Å². The Labute approximate surface area is 319 Å². The van der Waals surface area contributed by atoms with Gasteiger partial charge in [0.2, 0.25) is 11.8 Å². The van der Waals surface area contributed by atoms with Crippen LogP contribution in [0.1, 0.15) is 59.8 Å². The van der Waals surface area contributed by atoms with Crippen LogP contribution in [-0.2, 0) is 22.7 Å². The Morgan fingerprint density at radius 2 is 1.85 bits per heavy atom. The summed E-state index contributed by atoms with van der Waals surface area (Å²) in [6, 6.07) is 16.7. The molecule has 2 aromatic heterocycles. The van der Waals surface area contributed by atoms with Gasteiger partial charge in [-0.1, -0.05) is 41.9 Å². The van der Waals surface area contributed by atoms with Crippen molar-refractivity contribution in [3.05, 3.63) is 94.4 Å². The number of ether oxygens (including phenoxy) is 1. The number of carbonyl (C=O) groups excluding carboxylic acids is 3. The predicted molar refractivity (Wildman–Crippen MR) is 205 cm³/mol. The molecule has 282 valence electrons. The number of likely N-dealkylation sites (tertiary alicyclic amines) is 1. The molecule has 13 nitrogen and oxygen atoms in total. The van der Waals surface area contributed by atoms with Crippen molar-refractivity contribution in [2.24, 2.45) is 0 Å². The van der Waals surface area contributed by atoms with E-state index in [4.69, 9.17) is 16.3 Å². The fourth-order valence-corrected chi connectivity index (χ4v) is 7.28. The molecule has 14 heteroatoms. The summed E-state index contributed by atoms with van der Waals surface area (Å²) in [6.07, 6.45) is 4.87. The Hall–Kier alpha value is -5.53. The number of hydrogen-bond acceptors (Lipinski definition) is 8. The molecule has 2 aliphatic heterocycles. The van der Waals surface area contributed by atoms with Crippen molar-refractivity contribution in [3.8, 4) is 28.1 Å². The molecule has 4 amide bonds. The van der Waals surface area contributed by atoms with Crippen LogP contribution in [0.5, 0.6) is 5.75 Å². The number of amides is 4. The first kappa shape index (κ1) is 38.2. The molecule has 1 atom stereocenters. The number of aromatic nitrogens is 2. The number of benzene rings is 2. The summed E-state index contributed by atoms with van der Waals surface area (Å²) in [5, 5.41) is 19.5. The Morgan fingerprint density at radius 1 is 1.06 bits per heavy atom. The fraction of sp³-hybridized carbons (Fsp3) is 0.350. The van der Waals surface area contributed by atoms with Crippen LogP contribution >= 0.6 is 11.6 Å². The molecule has 0 saturated carbocycles. The highest BCUT2D eigenvalue weighted by Crippen LogP contribution is 2.39. The number of carbonyl (C=O) groups is 4. The molecule has 2 aliphatic rings. The van der Waals surface area contributed by atoms with Crippen LogP contribution in [0.25, 0.3) is 22.4 Å². The van der Waals surface area contributed by atoms with E-state index in [1.807, 2.05) is 48.2 Å². The third kappa shape index (κ3) is 8.97. The van der Waals surface area contributed by atoms with Gasteiger partial charge in [-0.3, -0.25) is 24.4 Å². The van der Waals surface area contributed by atoms with E-state index in [-0.39, 0.29) is 36.6 Å². The van der Waals surface area contributed by atoms with Gasteiger partial charge in [-0.05, 0) is 67.1 Å². The minimum atomic E-state index is -1.10. The van der Waals surface area contributed by atoms with Gasteiger partial charge in [-0.2, -0.15) is 0 Å². The molecule has 0 spiro atoms. The zero-order valence-corrected chi connectivity index (χ0v) is 31.3. The topological polar surface area (TPSA) is 166 Å². The number of methoxy groups -OCH3 is 1. The van der Waals surface area contributed by atoms with E-state index in [1.54, 1.807) is 38.4 Å². The molecule has 54 heavy (non-hydrogen) atoms. The number of carboxylic acid groups (broad SMARTS) is 1. The van der Waals surface area contributed by atoms with Crippen LogP contribution < -0.4 is 20.7 Å².